The molecule has 1 aliphatic heterocycles. The van der Waals surface area contributed by atoms with Crippen LogP contribution in [0.25, 0.3) is 0 Å². The number of rotatable bonds is 2. The molecule has 0 saturated carbocycles. The van der Waals surface area contributed by atoms with Crippen LogP contribution >= 0.6 is 23.4 Å². The standard InChI is InChI=1S/C10H11ClFNS/c11-7-1-2-9(12)10(5-7)13-8-3-4-14-6-8/h1-2,5,8,13H,3-4,6H2. The molecule has 1 aliphatic rings. The fourth-order valence-electron chi connectivity index (χ4n) is 1.48. The van der Waals surface area contributed by atoms with Crippen LogP contribution in [-0.2, 0) is 0 Å². The van der Waals surface area contributed by atoms with Gasteiger partial charge in [-0.15, -0.1) is 0 Å². The Bertz CT molecular complexity index is 326. The Hall–Kier alpha value is -0.410. The second-order valence-corrected chi connectivity index (χ2v) is 4.92. The SMILES string of the molecule is Fc1ccc(Cl)cc1NC1CCSC1. The van der Waals surface area contributed by atoms with Crippen molar-refractivity contribution in [2.75, 3.05) is 16.8 Å². The van der Waals surface area contributed by atoms with Crippen LogP contribution in [0.2, 0.25) is 5.02 Å². The molecule has 2 rings (SSSR count). The second kappa shape index (κ2) is 4.41. The minimum absolute atomic E-state index is 0.230. The minimum atomic E-state index is -0.230. The van der Waals surface area contributed by atoms with E-state index < -0.39 is 0 Å². The molecule has 1 aromatic carbocycles. The Morgan fingerprint density at radius 1 is 1.50 bits per heavy atom. The van der Waals surface area contributed by atoms with Gasteiger partial charge >= 0.3 is 0 Å². The summed E-state index contributed by atoms with van der Waals surface area (Å²) in [5, 5.41) is 3.74. The smallest absolute Gasteiger partial charge is 0.146 e. The maximum absolute atomic E-state index is 13.3. The van der Waals surface area contributed by atoms with Crippen LogP contribution in [0.15, 0.2) is 18.2 Å². The maximum atomic E-state index is 13.3. The van der Waals surface area contributed by atoms with Crippen LogP contribution in [0, 0.1) is 5.82 Å². The fraction of sp³-hybridized carbons (Fsp3) is 0.400. The number of hydrogen-bond donors (Lipinski definition) is 1. The lowest BCUT2D eigenvalue weighted by Crippen LogP contribution is -2.18. The summed E-state index contributed by atoms with van der Waals surface area (Å²) in [6, 6.07) is 4.98. The summed E-state index contributed by atoms with van der Waals surface area (Å²) in [5.74, 6) is 1.97. The highest BCUT2D eigenvalue weighted by Gasteiger charge is 2.16. The first-order valence-corrected chi connectivity index (χ1v) is 6.08. The second-order valence-electron chi connectivity index (χ2n) is 3.33. The first-order valence-electron chi connectivity index (χ1n) is 4.55. The lowest BCUT2D eigenvalue weighted by atomic mass is 10.2. The van der Waals surface area contributed by atoms with Crippen LogP contribution in [-0.4, -0.2) is 17.5 Å². The quantitative estimate of drug-likeness (QED) is 0.838. The number of thioether (sulfide) groups is 1. The van der Waals surface area contributed by atoms with Crippen molar-refractivity contribution in [1.82, 2.24) is 0 Å². The molecule has 0 aromatic heterocycles. The summed E-state index contributed by atoms with van der Waals surface area (Å²) in [5.41, 5.74) is 0.519. The molecule has 4 heteroatoms. The number of benzene rings is 1. The molecule has 0 aliphatic carbocycles. The van der Waals surface area contributed by atoms with Gasteiger partial charge in [0.25, 0.3) is 0 Å². The molecular formula is C10H11ClFNS. The van der Waals surface area contributed by atoms with Crippen molar-refractivity contribution in [2.24, 2.45) is 0 Å². The van der Waals surface area contributed by atoms with Crippen LogP contribution in [0.3, 0.4) is 0 Å². The van der Waals surface area contributed by atoms with Crippen molar-refractivity contribution in [3.8, 4) is 0 Å². The van der Waals surface area contributed by atoms with Gasteiger partial charge in [-0.1, -0.05) is 11.6 Å². The molecule has 1 saturated heterocycles. The number of nitrogens with one attached hydrogen (secondary N) is 1. The average Bonchev–Trinajstić information content (AvgIpc) is 2.64. The van der Waals surface area contributed by atoms with Gasteiger partial charge in [0, 0.05) is 16.8 Å². The molecule has 1 nitrogen and oxygen atoms in total. The zero-order valence-corrected chi connectivity index (χ0v) is 9.17. The summed E-state index contributed by atoms with van der Waals surface area (Å²) < 4.78 is 13.3. The summed E-state index contributed by atoms with van der Waals surface area (Å²) in [7, 11) is 0. The van der Waals surface area contributed by atoms with Gasteiger partial charge in [0.2, 0.25) is 0 Å². The number of hydrogen-bond acceptors (Lipinski definition) is 2. The van der Waals surface area contributed by atoms with E-state index in [2.05, 4.69) is 5.32 Å². The zero-order chi connectivity index (χ0) is 9.97. The Morgan fingerprint density at radius 2 is 2.36 bits per heavy atom. The third kappa shape index (κ3) is 2.34. The first kappa shape index (κ1) is 10.1. The topological polar surface area (TPSA) is 12.0 Å². The third-order valence-electron chi connectivity index (χ3n) is 2.22. The van der Waals surface area contributed by atoms with Crippen LogP contribution in [0.5, 0.6) is 0 Å². The van der Waals surface area contributed by atoms with Crippen LogP contribution in [0.4, 0.5) is 10.1 Å². The fourth-order valence-corrected chi connectivity index (χ4v) is 2.80. The molecule has 1 heterocycles. The van der Waals surface area contributed by atoms with Crippen LogP contribution in [0.1, 0.15) is 6.42 Å². The summed E-state index contributed by atoms with van der Waals surface area (Å²) in [4.78, 5) is 0. The predicted molar refractivity (Wildman–Crippen MR) is 60.8 cm³/mol. The van der Waals surface area contributed by atoms with Gasteiger partial charge in [-0.3, -0.25) is 0 Å². The normalized spacial score (nSPS) is 21.1. The van der Waals surface area contributed by atoms with Crippen molar-refractivity contribution in [2.45, 2.75) is 12.5 Å². The van der Waals surface area contributed by atoms with E-state index in [0.717, 1.165) is 17.9 Å². The van der Waals surface area contributed by atoms with Crippen molar-refractivity contribution >= 4 is 29.1 Å². The molecule has 0 bridgehead atoms. The van der Waals surface area contributed by atoms with E-state index in [1.807, 2.05) is 11.8 Å². The van der Waals surface area contributed by atoms with Gasteiger partial charge in [-0.2, -0.15) is 11.8 Å². The molecule has 1 unspecified atom stereocenters. The molecular weight excluding hydrogens is 221 g/mol. The number of anilines is 1. The van der Waals surface area contributed by atoms with Gasteiger partial charge in [-0.25, -0.2) is 4.39 Å². The lowest BCUT2D eigenvalue weighted by Gasteiger charge is -2.13. The van der Waals surface area contributed by atoms with E-state index in [1.54, 1.807) is 12.1 Å². The lowest BCUT2D eigenvalue weighted by molar-refractivity contribution is 0.626. The van der Waals surface area contributed by atoms with Gasteiger partial charge in [0.15, 0.2) is 0 Å². The van der Waals surface area contributed by atoms with E-state index >= 15 is 0 Å². The minimum Gasteiger partial charge on any atom is -0.379 e. The first-order chi connectivity index (χ1) is 6.75. The van der Waals surface area contributed by atoms with E-state index in [9.17, 15) is 4.39 Å². The van der Waals surface area contributed by atoms with Crippen molar-refractivity contribution in [3.63, 3.8) is 0 Å². The molecule has 1 atom stereocenters. The predicted octanol–water partition coefficient (Wildman–Crippen LogP) is 3.40. The molecule has 14 heavy (non-hydrogen) atoms. The Kier molecular flexibility index (Phi) is 3.19. The highest BCUT2D eigenvalue weighted by molar-refractivity contribution is 7.99. The van der Waals surface area contributed by atoms with Gasteiger partial charge < -0.3 is 5.32 Å². The largest absolute Gasteiger partial charge is 0.379 e. The summed E-state index contributed by atoms with van der Waals surface area (Å²) >= 11 is 7.68. The van der Waals surface area contributed by atoms with Crippen molar-refractivity contribution < 1.29 is 4.39 Å². The Morgan fingerprint density at radius 3 is 3.07 bits per heavy atom. The molecule has 0 spiro atoms. The van der Waals surface area contributed by atoms with E-state index in [4.69, 9.17) is 11.6 Å². The Labute approximate surface area is 92.0 Å². The van der Waals surface area contributed by atoms with Crippen molar-refractivity contribution in [3.05, 3.63) is 29.0 Å². The van der Waals surface area contributed by atoms with E-state index in [-0.39, 0.29) is 5.82 Å². The molecule has 1 fully saturated rings. The maximum Gasteiger partial charge on any atom is 0.146 e. The molecule has 1 N–H and O–H groups in total. The molecule has 1 aromatic rings. The van der Waals surface area contributed by atoms with Gasteiger partial charge in [-0.05, 0) is 30.4 Å². The molecule has 0 radical (unpaired) electrons. The number of halogens is 2. The monoisotopic (exact) mass is 231 g/mol. The highest BCUT2D eigenvalue weighted by atomic mass is 35.5. The molecule has 0 amide bonds. The van der Waals surface area contributed by atoms with Crippen LogP contribution < -0.4 is 5.32 Å². The van der Waals surface area contributed by atoms with Gasteiger partial charge in [0.1, 0.15) is 5.82 Å². The Balaban J connectivity index is 2.10. The van der Waals surface area contributed by atoms with Crippen molar-refractivity contribution in [1.29, 1.82) is 0 Å². The summed E-state index contributed by atoms with van der Waals surface area (Å²) in [6.07, 6.45) is 1.09. The van der Waals surface area contributed by atoms with E-state index in [1.165, 1.54) is 6.07 Å². The summed E-state index contributed by atoms with van der Waals surface area (Å²) in [6.45, 7) is 0. The van der Waals surface area contributed by atoms with Gasteiger partial charge in [0.05, 0.1) is 5.69 Å². The molecule has 76 valence electrons. The third-order valence-corrected chi connectivity index (χ3v) is 3.62. The zero-order valence-electron chi connectivity index (χ0n) is 7.59. The van der Waals surface area contributed by atoms with E-state index in [0.29, 0.717) is 16.8 Å². The highest BCUT2D eigenvalue weighted by Crippen LogP contribution is 2.25. The average molecular weight is 232 g/mol.